The van der Waals surface area contributed by atoms with Crippen molar-refractivity contribution in [2.75, 3.05) is 19.8 Å². The molecular formula is C55H92O5. The molecule has 0 aromatic heterocycles. The van der Waals surface area contributed by atoms with Crippen molar-refractivity contribution in [3.8, 4) is 0 Å². The van der Waals surface area contributed by atoms with Crippen molar-refractivity contribution in [3.05, 3.63) is 97.2 Å². The molecule has 0 heterocycles. The van der Waals surface area contributed by atoms with Gasteiger partial charge in [-0.2, -0.15) is 0 Å². The van der Waals surface area contributed by atoms with Gasteiger partial charge in [-0.05, 0) is 96.3 Å². The minimum Gasteiger partial charge on any atom is -0.462 e. The lowest BCUT2D eigenvalue weighted by molar-refractivity contribution is -0.163. The molecule has 0 bridgehead atoms. The lowest BCUT2D eigenvalue weighted by Gasteiger charge is -2.18. The van der Waals surface area contributed by atoms with Crippen LogP contribution in [0.5, 0.6) is 0 Å². The number of hydrogen-bond acceptors (Lipinski definition) is 5. The van der Waals surface area contributed by atoms with Crippen molar-refractivity contribution >= 4 is 11.9 Å². The maximum atomic E-state index is 12.7. The van der Waals surface area contributed by atoms with Crippen LogP contribution in [-0.4, -0.2) is 37.9 Å². The van der Waals surface area contributed by atoms with Crippen LogP contribution in [-0.2, 0) is 23.8 Å². The van der Waals surface area contributed by atoms with Gasteiger partial charge < -0.3 is 14.2 Å². The van der Waals surface area contributed by atoms with E-state index in [1.54, 1.807) is 0 Å². The second-order valence-corrected chi connectivity index (χ2v) is 16.0. The van der Waals surface area contributed by atoms with E-state index in [0.29, 0.717) is 19.4 Å². The first-order valence-electron chi connectivity index (χ1n) is 24.8. The number of carbonyl (C=O) groups excluding carboxylic acids is 2. The summed E-state index contributed by atoms with van der Waals surface area (Å²) in [5.41, 5.74) is 0. The van der Waals surface area contributed by atoms with Crippen LogP contribution < -0.4 is 0 Å². The van der Waals surface area contributed by atoms with Gasteiger partial charge in [-0.25, -0.2) is 0 Å². The summed E-state index contributed by atoms with van der Waals surface area (Å²) in [6.07, 6.45) is 67.1. The topological polar surface area (TPSA) is 61.8 Å². The number of unbranched alkanes of at least 4 members (excludes halogenated alkanes) is 17. The van der Waals surface area contributed by atoms with E-state index in [1.807, 2.05) is 0 Å². The molecule has 0 N–H and O–H groups in total. The highest BCUT2D eigenvalue weighted by atomic mass is 16.6. The summed E-state index contributed by atoms with van der Waals surface area (Å²) in [6.45, 7) is 7.49. The highest BCUT2D eigenvalue weighted by Gasteiger charge is 2.17. The van der Waals surface area contributed by atoms with Crippen molar-refractivity contribution in [2.24, 2.45) is 0 Å². The second kappa shape index (κ2) is 50.2. The fraction of sp³-hybridized carbons (Fsp3) is 0.673. The van der Waals surface area contributed by atoms with Gasteiger partial charge in [-0.1, -0.05) is 201 Å². The van der Waals surface area contributed by atoms with E-state index in [2.05, 4.69) is 118 Å². The number of hydrogen-bond donors (Lipinski definition) is 0. The van der Waals surface area contributed by atoms with E-state index in [0.717, 1.165) is 116 Å². The Morgan fingerprint density at radius 1 is 0.383 bits per heavy atom. The molecule has 0 spiro atoms. The summed E-state index contributed by atoms with van der Waals surface area (Å²) in [7, 11) is 0. The smallest absolute Gasteiger partial charge is 0.306 e. The molecule has 0 aliphatic carbocycles. The molecule has 0 aliphatic rings. The van der Waals surface area contributed by atoms with E-state index in [9.17, 15) is 9.59 Å². The van der Waals surface area contributed by atoms with Crippen LogP contribution in [0.4, 0.5) is 0 Å². The molecule has 5 heteroatoms. The molecule has 0 saturated heterocycles. The van der Waals surface area contributed by atoms with E-state index in [4.69, 9.17) is 14.2 Å². The summed E-state index contributed by atoms with van der Waals surface area (Å²) in [5, 5.41) is 0. The molecular weight excluding hydrogens is 741 g/mol. The molecule has 5 nitrogen and oxygen atoms in total. The standard InChI is InChI=1S/C55H92O5/c1-4-7-10-13-16-18-20-22-24-26-27-28-30-32-34-36-38-41-44-47-50-58-51-53(60-55(57)49-46-43-39-15-12-9-6-3)52-59-54(56)48-45-42-40-37-35-33-31-29-25-23-21-19-17-14-11-8-5-2/h7-8,10-11,16-19,22-25,27-28,32,34,53H,4-6,9,12-15,20-21,26,29-31,33,35-52H2,1-3H3/b10-7-,11-8-,18-16-,19-17-,24-22-,25-23-,28-27-,34-32-. The predicted octanol–water partition coefficient (Wildman–Crippen LogP) is 16.7. The van der Waals surface area contributed by atoms with Gasteiger partial charge in [-0.3, -0.25) is 9.59 Å². The van der Waals surface area contributed by atoms with Gasteiger partial charge in [0.15, 0.2) is 6.10 Å². The molecule has 0 fully saturated rings. The van der Waals surface area contributed by atoms with Crippen molar-refractivity contribution in [1.29, 1.82) is 0 Å². The van der Waals surface area contributed by atoms with Crippen LogP contribution in [0.15, 0.2) is 97.2 Å². The van der Waals surface area contributed by atoms with Crippen LogP contribution in [0.1, 0.15) is 213 Å². The van der Waals surface area contributed by atoms with Crippen molar-refractivity contribution in [3.63, 3.8) is 0 Å². The Kier molecular flexibility index (Phi) is 47.5. The monoisotopic (exact) mass is 833 g/mol. The lowest BCUT2D eigenvalue weighted by Crippen LogP contribution is -2.30. The van der Waals surface area contributed by atoms with Crippen LogP contribution in [0.3, 0.4) is 0 Å². The van der Waals surface area contributed by atoms with Gasteiger partial charge in [0.25, 0.3) is 0 Å². The number of ether oxygens (including phenoxy) is 3. The first-order valence-corrected chi connectivity index (χ1v) is 24.8. The molecule has 0 rings (SSSR count). The molecule has 0 saturated carbocycles. The summed E-state index contributed by atoms with van der Waals surface area (Å²) in [4.78, 5) is 25.2. The highest BCUT2D eigenvalue weighted by Crippen LogP contribution is 2.13. The van der Waals surface area contributed by atoms with Crippen molar-refractivity contribution in [2.45, 2.75) is 219 Å². The highest BCUT2D eigenvalue weighted by molar-refractivity contribution is 5.70. The maximum absolute atomic E-state index is 12.7. The van der Waals surface area contributed by atoms with Gasteiger partial charge >= 0.3 is 11.9 Å². The molecule has 1 unspecified atom stereocenters. The second-order valence-electron chi connectivity index (χ2n) is 16.0. The first kappa shape index (κ1) is 56.8. The third-order valence-electron chi connectivity index (χ3n) is 10.1. The Bertz CT molecular complexity index is 1170. The Labute approximate surface area is 371 Å². The Morgan fingerprint density at radius 3 is 1.20 bits per heavy atom. The summed E-state index contributed by atoms with van der Waals surface area (Å²) >= 11 is 0. The fourth-order valence-electron chi connectivity index (χ4n) is 6.49. The van der Waals surface area contributed by atoms with E-state index in [-0.39, 0.29) is 25.2 Å². The van der Waals surface area contributed by atoms with Gasteiger partial charge in [0.2, 0.25) is 0 Å². The van der Waals surface area contributed by atoms with E-state index < -0.39 is 6.10 Å². The Morgan fingerprint density at radius 2 is 0.750 bits per heavy atom. The average Bonchev–Trinajstić information content (AvgIpc) is 3.25. The van der Waals surface area contributed by atoms with Gasteiger partial charge in [0.05, 0.1) is 6.61 Å². The quantitative estimate of drug-likeness (QED) is 0.0348. The Balaban J connectivity index is 4.21. The fourth-order valence-corrected chi connectivity index (χ4v) is 6.49. The van der Waals surface area contributed by atoms with Crippen LogP contribution in [0, 0.1) is 0 Å². The summed E-state index contributed by atoms with van der Waals surface area (Å²) in [6, 6.07) is 0. The summed E-state index contributed by atoms with van der Waals surface area (Å²) < 4.78 is 17.3. The van der Waals surface area contributed by atoms with E-state index >= 15 is 0 Å². The van der Waals surface area contributed by atoms with Crippen molar-refractivity contribution in [1.82, 2.24) is 0 Å². The third kappa shape index (κ3) is 47.5. The van der Waals surface area contributed by atoms with Crippen LogP contribution >= 0.6 is 0 Å². The zero-order valence-corrected chi connectivity index (χ0v) is 39.2. The normalized spacial score (nSPS) is 13.1. The molecule has 0 aromatic rings. The third-order valence-corrected chi connectivity index (χ3v) is 10.1. The van der Waals surface area contributed by atoms with Gasteiger partial charge in [0.1, 0.15) is 6.61 Å². The SMILES string of the molecule is CC/C=C\C/C=C\C/C=C\C/C=C\C/C=C\CCCCCCOCC(COC(=O)CCCCCCCCC/C=C\C/C=C\C/C=C\CC)OC(=O)CCCCCCCCC. The number of esters is 2. The zero-order valence-electron chi connectivity index (χ0n) is 39.2. The Hall–Kier alpha value is -3.18. The number of carbonyl (C=O) groups is 2. The lowest BCUT2D eigenvalue weighted by atomic mass is 10.1. The van der Waals surface area contributed by atoms with Crippen LogP contribution in [0.2, 0.25) is 0 Å². The van der Waals surface area contributed by atoms with Gasteiger partial charge in [0, 0.05) is 19.4 Å². The van der Waals surface area contributed by atoms with E-state index in [1.165, 1.54) is 64.2 Å². The maximum Gasteiger partial charge on any atom is 0.306 e. The van der Waals surface area contributed by atoms with Gasteiger partial charge in [-0.15, -0.1) is 0 Å². The number of allylic oxidation sites excluding steroid dienone is 16. The average molecular weight is 833 g/mol. The molecule has 1 atom stereocenters. The molecule has 0 aliphatic heterocycles. The first-order chi connectivity index (χ1) is 29.6. The van der Waals surface area contributed by atoms with Crippen molar-refractivity contribution < 1.29 is 23.8 Å². The minimum atomic E-state index is -0.555. The largest absolute Gasteiger partial charge is 0.462 e. The van der Waals surface area contributed by atoms with Crippen LogP contribution in [0.25, 0.3) is 0 Å². The zero-order chi connectivity index (χ0) is 43.5. The molecule has 0 radical (unpaired) electrons. The number of rotatable bonds is 44. The minimum absolute atomic E-state index is 0.0654. The molecule has 0 amide bonds. The molecule has 342 valence electrons. The summed E-state index contributed by atoms with van der Waals surface area (Å²) in [5.74, 6) is -0.433. The predicted molar refractivity (Wildman–Crippen MR) is 260 cm³/mol. The molecule has 0 aromatic carbocycles. The molecule has 60 heavy (non-hydrogen) atoms.